The second kappa shape index (κ2) is 4.14. The van der Waals surface area contributed by atoms with Crippen LogP contribution in [0.25, 0.3) is 0 Å². The SMILES string of the molecule is N#CCN1CCCC(I)C1. The Morgan fingerprint density at radius 3 is 3.10 bits per heavy atom. The fourth-order valence-electron chi connectivity index (χ4n) is 1.24. The predicted molar refractivity (Wildman–Crippen MR) is 49.1 cm³/mol. The molecular weight excluding hydrogens is 239 g/mol. The number of rotatable bonds is 1. The number of hydrogen-bond donors (Lipinski definition) is 0. The van der Waals surface area contributed by atoms with E-state index in [1.807, 2.05) is 0 Å². The van der Waals surface area contributed by atoms with Crippen molar-refractivity contribution in [2.45, 2.75) is 16.8 Å². The van der Waals surface area contributed by atoms with Crippen LogP contribution in [0.2, 0.25) is 0 Å². The molecule has 3 heteroatoms. The molecule has 1 aliphatic heterocycles. The second-order valence-electron chi connectivity index (χ2n) is 2.63. The number of likely N-dealkylation sites (tertiary alicyclic amines) is 1. The zero-order valence-electron chi connectivity index (χ0n) is 5.89. The highest BCUT2D eigenvalue weighted by atomic mass is 127. The van der Waals surface area contributed by atoms with Crippen molar-refractivity contribution in [1.82, 2.24) is 4.90 Å². The van der Waals surface area contributed by atoms with E-state index in [-0.39, 0.29) is 0 Å². The molecule has 1 saturated heterocycles. The van der Waals surface area contributed by atoms with E-state index in [2.05, 4.69) is 33.6 Å². The van der Waals surface area contributed by atoms with Crippen molar-refractivity contribution >= 4 is 22.6 Å². The maximum Gasteiger partial charge on any atom is 0.0866 e. The summed E-state index contributed by atoms with van der Waals surface area (Å²) in [5, 5.41) is 8.41. The number of alkyl halides is 1. The Morgan fingerprint density at radius 2 is 2.50 bits per heavy atom. The minimum absolute atomic E-state index is 0.611. The molecule has 1 unspecified atom stereocenters. The van der Waals surface area contributed by atoms with Gasteiger partial charge in [0.15, 0.2) is 0 Å². The Balaban J connectivity index is 2.27. The minimum Gasteiger partial charge on any atom is -0.290 e. The van der Waals surface area contributed by atoms with Crippen LogP contribution in [0.5, 0.6) is 0 Å². The third-order valence-corrected chi connectivity index (χ3v) is 2.76. The Morgan fingerprint density at radius 1 is 1.70 bits per heavy atom. The van der Waals surface area contributed by atoms with Gasteiger partial charge in [-0.05, 0) is 19.4 Å². The molecule has 0 bridgehead atoms. The second-order valence-corrected chi connectivity index (χ2v) is 4.39. The molecule has 0 amide bonds. The lowest BCUT2D eigenvalue weighted by Gasteiger charge is -2.27. The Labute approximate surface area is 75.3 Å². The van der Waals surface area contributed by atoms with Crippen molar-refractivity contribution in [3.8, 4) is 6.07 Å². The molecule has 10 heavy (non-hydrogen) atoms. The molecule has 0 aromatic heterocycles. The highest BCUT2D eigenvalue weighted by Gasteiger charge is 2.15. The average Bonchev–Trinajstić information content (AvgIpc) is 1.88. The van der Waals surface area contributed by atoms with E-state index in [4.69, 9.17) is 5.26 Å². The van der Waals surface area contributed by atoms with Crippen LogP contribution >= 0.6 is 22.6 Å². The average molecular weight is 250 g/mol. The number of piperidine rings is 1. The van der Waals surface area contributed by atoms with E-state index < -0.39 is 0 Å². The third-order valence-electron chi connectivity index (χ3n) is 1.74. The molecular formula is C7H11IN2. The van der Waals surface area contributed by atoms with E-state index in [1.54, 1.807) is 0 Å². The molecule has 0 saturated carbocycles. The lowest BCUT2D eigenvalue weighted by molar-refractivity contribution is 0.265. The summed E-state index contributed by atoms with van der Waals surface area (Å²) in [6, 6.07) is 2.18. The zero-order chi connectivity index (χ0) is 7.40. The van der Waals surface area contributed by atoms with Gasteiger partial charge < -0.3 is 0 Å². The lowest BCUT2D eigenvalue weighted by atomic mass is 10.1. The van der Waals surface area contributed by atoms with Crippen molar-refractivity contribution in [1.29, 1.82) is 5.26 Å². The van der Waals surface area contributed by atoms with Crippen LogP contribution in [-0.2, 0) is 0 Å². The van der Waals surface area contributed by atoms with Crippen molar-refractivity contribution in [2.75, 3.05) is 19.6 Å². The normalized spacial score (nSPS) is 27.8. The molecule has 0 aromatic rings. The smallest absolute Gasteiger partial charge is 0.0866 e. The maximum atomic E-state index is 8.41. The van der Waals surface area contributed by atoms with Crippen LogP contribution in [0.4, 0.5) is 0 Å². The first kappa shape index (κ1) is 8.28. The van der Waals surface area contributed by atoms with Crippen molar-refractivity contribution < 1.29 is 0 Å². The molecule has 1 fully saturated rings. The molecule has 0 radical (unpaired) electrons. The first-order valence-electron chi connectivity index (χ1n) is 3.56. The van der Waals surface area contributed by atoms with Crippen molar-refractivity contribution in [2.24, 2.45) is 0 Å². The van der Waals surface area contributed by atoms with Crippen LogP contribution in [-0.4, -0.2) is 28.5 Å². The van der Waals surface area contributed by atoms with Crippen molar-refractivity contribution in [3.05, 3.63) is 0 Å². The fraction of sp³-hybridized carbons (Fsp3) is 0.857. The van der Waals surface area contributed by atoms with Gasteiger partial charge in [0, 0.05) is 10.5 Å². The highest BCUT2D eigenvalue weighted by molar-refractivity contribution is 14.1. The first-order chi connectivity index (χ1) is 4.83. The van der Waals surface area contributed by atoms with E-state index in [0.717, 1.165) is 17.0 Å². The van der Waals surface area contributed by atoms with Gasteiger partial charge >= 0.3 is 0 Å². The number of hydrogen-bond acceptors (Lipinski definition) is 2. The minimum atomic E-state index is 0.611. The van der Waals surface area contributed by atoms with Gasteiger partial charge in [0.2, 0.25) is 0 Å². The fourth-order valence-corrected chi connectivity index (χ4v) is 2.24. The van der Waals surface area contributed by atoms with E-state index in [0.29, 0.717) is 6.54 Å². The summed E-state index contributed by atoms with van der Waals surface area (Å²) in [5.41, 5.74) is 0. The van der Waals surface area contributed by atoms with Gasteiger partial charge in [-0.1, -0.05) is 22.6 Å². The predicted octanol–water partition coefficient (Wildman–Crippen LogP) is 1.41. The van der Waals surface area contributed by atoms with Gasteiger partial charge in [0.1, 0.15) is 0 Å². The molecule has 1 aliphatic rings. The monoisotopic (exact) mass is 250 g/mol. The van der Waals surface area contributed by atoms with Crippen molar-refractivity contribution in [3.63, 3.8) is 0 Å². The highest BCUT2D eigenvalue weighted by Crippen LogP contribution is 2.16. The topological polar surface area (TPSA) is 27.0 Å². The Bertz CT molecular complexity index is 141. The molecule has 1 atom stereocenters. The standard InChI is InChI=1S/C7H11IN2/c8-7-2-1-4-10(6-7)5-3-9/h7H,1-2,4-6H2. The summed E-state index contributed by atoms with van der Waals surface area (Å²) in [4.78, 5) is 2.22. The van der Waals surface area contributed by atoms with Crippen LogP contribution in [0.3, 0.4) is 0 Å². The van der Waals surface area contributed by atoms with Gasteiger partial charge in [-0.25, -0.2) is 0 Å². The van der Waals surface area contributed by atoms with Crippen LogP contribution in [0.1, 0.15) is 12.8 Å². The summed E-state index contributed by atoms with van der Waals surface area (Å²) in [6.07, 6.45) is 2.58. The first-order valence-corrected chi connectivity index (χ1v) is 4.81. The molecule has 2 nitrogen and oxygen atoms in total. The molecule has 1 rings (SSSR count). The molecule has 0 N–H and O–H groups in total. The zero-order valence-corrected chi connectivity index (χ0v) is 8.04. The number of halogens is 1. The molecule has 1 heterocycles. The maximum absolute atomic E-state index is 8.41. The third kappa shape index (κ3) is 2.43. The quantitative estimate of drug-likeness (QED) is 0.399. The van der Waals surface area contributed by atoms with Gasteiger partial charge in [-0.2, -0.15) is 5.26 Å². The van der Waals surface area contributed by atoms with Crippen LogP contribution < -0.4 is 0 Å². The number of nitriles is 1. The Hall–Kier alpha value is 0.180. The van der Waals surface area contributed by atoms with Gasteiger partial charge in [-0.3, -0.25) is 4.90 Å². The molecule has 0 aliphatic carbocycles. The van der Waals surface area contributed by atoms with Gasteiger partial charge in [-0.15, -0.1) is 0 Å². The molecule has 0 aromatic carbocycles. The Kier molecular flexibility index (Phi) is 3.43. The summed E-state index contributed by atoms with van der Waals surface area (Å²) in [6.45, 7) is 2.83. The molecule has 56 valence electrons. The van der Waals surface area contributed by atoms with E-state index in [9.17, 15) is 0 Å². The van der Waals surface area contributed by atoms with Gasteiger partial charge in [0.25, 0.3) is 0 Å². The van der Waals surface area contributed by atoms with E-state index in [1.165, 1.54) is 12.8 Å². The summed E-state index contributed by atoms with van der Waals surface area (Å²) >= 11 is 2.46. The summed E-state index contributed by atoms with van der Waals surface area (Å²) in [7, 11) is 0. The summed E-state index contributed by atoms with van der Waals surface area (Å²) < 4.78 is 0.764. The number of nitrogens with zero attached hydrogens (tertiary/aromatic N) is 2. The lowest BCUT2D eigenvalue weighted by Crippen LogP contribution is -2.35. The summed E-state index contributed by atoms with van der Waals surface area (Å²) in [5.74, 6) is 0. The molecule has 0 spiro atoms. The largest absolute Gasteiger partial charge is 0.290 e. The van der Waals surface area contributed by atoms with Crippen LogP contribution in [0.15, 0.2) is 0 Å². The van der Waals surface area contributed by atoms with E-state index >= 15 is 0 Å². The van der Waals surface area contributed by atoms with Crippen LogP contribution in [0, 0.1) is 11.3 Å². The van der Waals surface area contributed by atoms with Gasteiger partial charge in [0.05, 0.1) is 12.6 Å².